The summed E-state index contributed by atoms with van der Waals surface area (Å²) in [7, 11) is -7.26. The Morgan fingerprint density at radius 1 is 0.793 bits per heavy atom. The van der Waals surface area contributed by atoms with Gasteiger partial charge in [0.1, 0.15) is 23.4 Å². The van der Waals surface area contributed by atoms with E-state index in [2.05, 4.69) is 58.1 Å². The molecule has 502 valence electrons. The molecule has 4 bridgehead atoms. The first-order valence-corrected chi connectivity index (χ1v) is 36.7. The van der Waals surface area contributed by atoms with Crippen LogP contribution in [-0.2, 0) is 65.7 Å². The van der Waals surface area contributed by atoms with Crippen LogP contribution in [0.25, 0.3) is 10.9 Å². The van der Waals surface area contributed by atoms with Crippen LogP contribution < -0.4 is 46.8 Å². The van der Waals surface area contributed by atoms with E-state index in [4.69, 9.17) is 13.3 Å². The fourth-order valence-corrected chi connectivity index (χ4v) is 15.7. The maximum absolute atomic E-state index is 13.7. The molecular weight excluding hydrogens is 1350 g/mol. The molecule has 3 fully saturated rings. The van der Waals surface area contributed by atoms with Crippen LogP contribution in [0, 0.1) is 13.8 Å². The summed E-state index contributed by atoms with van der Waals surface area (Å²) in [5.74, 6) is -6.43. The third-order valence-electron chi connectivity index (χ3n) is 15.0. The number of hydrogen-bond acceptors (Lipinski definition) is 24. The van der Waals surface area contributed by atoms with E-state index >= 15 is 0 Å². The zero-order valence-electron chi connectivity index (χ0n) is 51.4. The number of carbonyl (C=O) groups excluding carboxylic acids is 7. The number of benzene rings is 2. The van der Waals surface area contributed by atoms with Gasteiger partial charge in [-0.3, -0.25) is 28.8 Å². The first-order chi connectivity index (χ1) is 43.6. The summed E-state index contributed by atoms with van der Waals surface area (Å²) in [4.78, 5) is 133. The maximum atomic E-state index is 13.7. The third-order valence-corrected chi connectivity index (χ3v) is 21.6. The second kappa shape index (κ2) is 33.4. The van der Waals surface area contributed by atoms with Gasteiger partial charge >= 0.3 is 204 Å². The Hall–Kier alpha value is -7.39. The molecule has 2 aromatic carbocycles. The van der Waals surface area contributed by atoms with Gasteiger partial charge in [0.05, 0.1) is 33.6 Å². The second-order valence-electron chi connectivity index (χ2n) is 22.2. The molecule has 3 unspecified atom stereocenters. The SMILES string of the molecule is C=C1CN2CCN3CCN(CC(=O)N[C@@H](CC)C(=O)NC(CS(O)(O)O)C(=O)NCCNC(=O)CCCOc4cc(C)c(S(=O)(=O)N[C@@H](CNC(=O)c5cn(C)c6cc(CNc7ncc[nH]7)ccc6c5=O)C(=O)O)c(C)c4)CCN(CC2)CC(=O)[O][In]([O]1)[O]C(=O)C3. The van der Waals surface area contributed by atoms with Crippen LogP contribution in [0.5, 0.6) is 5.75 Å². The minimum atomic E-state index is -4.54. The summed E-state index contributed by atoms with van der Waals surface area (Å²) in [6.07, 6.45) is 4.73. The zero-order valence-corrected chi connectivity index (χ0v) is 56.3. The Morgan fingerprint density at radius 2 is 1.42 bits per heavy atom. The van der Waals surface area contributed by atoms with Crippen molar-refractivity contribution in [2.45, 2.75) is 69.6 Å². The van der Waals surface area contributed by atoms with Gasteiger partial charge in [0.15, 0.2) is 5.95 Å². The number of amides is 5. The number of aromatic nitrogens is 3. The van der Waals surface area contributed by atoms with Gasteiger partial charge in [0.25, 0.3) is 5.91 Å². The van der Waals surface area contributed by atoms with Crippen molar-refractivity contribution in [3.05, 3.63) is 93.7 Å². The molecule has 0 radical (unpaired) electrons. The van der Waals surface area contributed by atoms with Crippen molar-refractivity contribution in [2.75, 3.05) is 116 Å². The standard InChI is InChI=1S/C56H82N14O19S2.In/c1-6-42(63-47(73)31-68-17-21-69(32-48(74)75)19-15-67(29-37(4)71)16-20-70(22-18-68)33-49(76)77)54(81)64-44(34-90(84,85)86)53(80)58-12-11-57-46(72)8-7-23-89-39-24-35(2)51(36(3)25-39)91(87,88)65-43(55(82)83)28-61-52(79)41-30-66(5)45-26-38(9-10-40(45)50(41)78)27-62-56-59-13-14-60-56;/h9-10,13-14,24-26,30,42-44,65,71,84-86H,4,6-8,11-12,15-23,27-29,31-34H2,1-3,5H3,(H,57,72)(H,58,80)(H,61,79)(H,63,73)(H,64,81)(H,74,75)(H,76,77)(H,82,83)(H2,59,60,62);/q;+3/p-3/t42-,43-,44?;/m0./s1. The van der Waals surface area contributed by atoms with Gasteiger partial charge in [-0.25, -0.2) is 13.4 Å². The summed E-state index contributed by atoms with van der Waals surface area (Å²) in [5.41, 5.74) is 0.819. The van der Waals surface area contributed by atoms with Gasteiger partial charge in [-0.15, -0.1) is 0 Å². The molecule has 0 aliphatic carbocycles. The van der Waals surface area contributed by atoms with Crippen LogP contribution in [0.3, 0.4) is 0 Å². The van der Waals surface area contributed by atoms with Gasteiger partial charge in [-0.05, 0) is 61.2 Å². The molecule has 3 aliphatic heterocycles. The van der Waals surface area contributed by atoms with Gasteiger partial charge in [-0.2, -0.15) is 4.72 Å². The van der Waals surface area contributed by atoms with Gasteiger partial charge in [0, 0.05) is 63.6 Å². The number of H-pyrrole nitrogens is 1. The van der Waals surface area contributed by atoms with Crippen molar-refractivity contribution < 1.29 is 78.8 Å². The Kier molecular flexibility index (Phi) is 26.2. The predicted molar refractivity (Wildman–Crippen MR) is 334 cm³/mol. The quantitative estimate of drug-likeness (QED) is 0.0302. The van der Waals surface area contributed by atoms with Crippen molar-refractivity contribution >= 4 is 108 Å². The molecule has 5 amide bonds. The Labute approximate surface area is 541 Å². The molecule has 36 heteroatoms. The number of carbonyl (C=O) groups is 8. The number of nitrogens with one attached hydrogen (secondary N) is 8. The number of aryl methyl sites for hydroxylation is 3. The molecule has 0 saturated carbocycles. The van der Waals surface area contributed by atoms with Crippen molar-refractivity contribution in [1.82, 2.24) is 65.4 Å². The number of aliphatic carboxylic acids is 1. The molecule has 12 N–H and O–H groups in total. The van der Waals surface area contributed by atoms with E-state index in [-0.39, 0.29) is 91.3 Å². The van der Waals surface area contributed by atoms with E-state index in [1.165, 1.54) is 32.2 Å². The Balaban J connectivity index is 0.839. The molecule has 92 heavy (non-hydrogen) atoms. The van der Waals surface area contributed by atoms with Crippen molar-refractivity contribution in [2.24, 2.45) is 7.05 Å². The number of aromatic amines is 1. The van der Waals surface area contributed by atoms with E-state index in [0.29, 0.717) is 82.7 Å². The van der Waals surface area contributed by atoms with E-state index < -0.39 is 127 Å². The number of anilines is 1. The molecule has 3 saturated heterocycles. The molecule has 5 heterocycles. The number of rotatable bonds is 27. The summed E-state index contributed by atoms with van der Waals surface area (Å²) < 4.78 is 83.7. The Bertz CT molecular complexity index is 3460. The van der Waals surface area contributed by atoms with Crippen molar-refractivity contribution in [3.8, 4) is 5.75 Å². The normalized spacial score (nSPS) is 18.8. The molecule has 3 aliphatic rings. The number of sulfonamides is 1. The fourth-order valence-electron chi connectivity index (χ4n) is 10.3. The molecule has 7 rings (SSSR count). The second-order valence-corrected chi connectivity index (χ2v) is 29.2. The zero-order chi connectivity index (χ0) is 66.9. The molecule has 33 nitrogen and oxygen atoms in total. The van der Waals surface area contributed by atoms with Crippen molar-refractivity contribution in [3.63, 3.8) is 0 Å². The first-order valence-electron chi connectivity index (χ1n) is 29.5. The number of carboxylic acid groups (broad SMARTS) is 1. The molecule has 0 spiro atoms. The van der Waals surface area contributed by atoms with E-state index in [0.717, 1.165) is 5.56 Å². The average molecular weight is 1430 g/mol. The van der Waals surface area contributed by atoms with Gasteiger partial charge in [0.2, 0.25) is 27.3 Å². The van der Waals surface area contributed by atoms with Crippen molar-refractivity contribution in [1.29, 1.82) is 0 Å². The van der Waals surface area contributed by atoms with Crippen LogP contribution in [-0.4, -0.2) is 260 Å². The van der Waals surface area contributed by atoms with Crippen LogP contribution in [0.1, 0.15) is 53.2 Å². The third kappa shape index (κ3) is 21.9. The van der Waals surface area contributed by atoms with Gasteiger partial charge < -0.3 is 59.6 Å². The van der Waals surface area contributed by atoms with Crippen LogP contribution in [0.15, 0.2) is 71.0 Å². The summed E-state index contributed by atoms with van der Waals surface area (Å²) in [6, 6.07) is 3.12. The number of fused-ring (bicyclic) bond motifs is 8. The van der Waals surface area contributed by atoms with Crippen LogP contribution in [0.2, 0.25) is 0 Å². The van der Waals surface area contributed by atoms with Crippen LogP contribution in [0.4, 0.5) is 5.95 Å². The number of ether oxygens (including phenoxy) is 1. The number of nitrogens with zero attached hydrogens (tertiary/aromatic N) is 6. The summed E-state index contributed by atoms with van der Waals surface area (Å²) >= 11 is -4.09. The monoisotopic (exact) mass is 1430 g/mol. The topological polar surface area (TPSA) is 436 Å². The van der Waals surface area contributed by atoms with E-state index in [1.807, 2.05) is 14.7 Å². The fraction of sp³-hybridized carbons (Fsp3) is 0.500. The van der Waals surface area contributed by atoms with E-state index in [9.17, 15) is 70.3 Å². The number of pyridine rings is 1. The van der Waals surface area contributed by atoms with E-state index in [1.54, 1.807) is 49.1 Å². The number of hydrogen-bond donors (Lipinski definition) is 12. The molecule has 4 aromatic rings. The molecular formula is C56H79InN14O19S2. The van der Waals surface area contributed by atoms with Gasteiger partial charge in [-0.1, -0.05) is 13.0 Å². The summed E-state index contributed by atoms with van der Waals surface area (Å²) in [6.45, 7) is 11.1. The number of imidazole rings is 1. The predicted octanol–water partition coefficient (Wildman–Crippen LogP) is -1.50. The molecule has 5 atom stereocenters. The Morgan fingerprint density at radius 3 is 2.03 bits per heavy atom. The number of carboxylic acids is 1. The first kappa shape index (κ1) is 72.0. The summed E-state index contributed by atoms with van der Waals surface area (Å²) in [5, 5.41) is 25.8. The minimum absolute atomic E-state index is 0.00278. The van der Waals surface area contributed by atoms with Crippen LogP contribution >= 0.6 is 10.9 Å². The average Bonchev–Trinajstić information content (AvgIpc) is 0.854. The molecule has 2 aromatic heterocycles.